The maximum absolute atomic E-state index is 12.8. The number of benzene rings is 2. The van der Waals surface area contributed by atoms with Crippen LogP contribution in [0.25, 0.3) is 0 Å². The van der Waals surface area contributed by atoms with Gasteiger partial charge in [-0.05, 0) is 57.9 Å². The maximum Gasteiger partial charge on any atom is 0.338 e. The van der Waals surface area contributed by atoms with Gasteiger partial charge in [-0.1, -0.05) is 30.3 Å². The van der Waals surface area contributed by atoms with Gasteiger partial charge in [-0.15, -0.1) is 0 Å². The van der Waals surface area contributed by atoms with Gasteiger partial charge in [0.05, 0.1) is 16.7 Å². The minimum atomic E-state index is -1.26. The lowest BCUT2D eigenvalue weighted by Crippen LogP contribution is -2.50. The van der Waals surface area contributed by atoms with Crippen LogP contribution in [0.15, 0.2) is 48.5 Å². The van der Waals surface area contributed by atoms with Crippen LogP contribution in [-0.4, -0.2) is 52.8 Å². The highest BCUT2D eigenvalue weighted by Crippen LogP contribution is 2.25. The summed E-state index contributed by atoms with van der Waals surface area (Å²) < 4.78 is 5.14. The fourth-order valence-corrected chi connectivity index (χ4v) is 3.37. The van der Waals surface area contributed by atoms with Crippen molar-refractivity contribution >= 4 is 29.7 Å². The zero-order valence-electron chi connectivity index (χ0n) is 19.5. The summed E-state index contributed by atoms with van der Waals surface area (Å²) >= 11 is 0. The van der Waals surface area contributed by atoms with Crippen LogP contribution >= 0.6 is 0 Å². The molecule has 0 bridgehead atoms. The van der Waals surface area contributed by atoms with Crippen molar-refractivity contribution < 1.29 is 28.7 Å². The quantitative estimate of drug-likeness (QED) is 0.500. The number of hydrogen-bond donors (Lipinski definition) is 2. The Hall–Kier alpha value is -4.01. The lowest BCUT2D eigenvalue weighted by Gasteiger charge is -2.21. The molecule has 0 saturated carbocycles. The molecule has 9 nitrogen and oxygen atoms in total. The van der Waals surface area contributed by atoms with Crippen LogP contribution in [0, 0.1) is 0 Å². The van der Waals surface area contributed by atoms with E-state index >= 15 is 0 Å². The van der Waals surface area contributed by atoms with Gasteiger partial charge in [0.15, 0.2) is 6.10 Å². The Morgan fingerprint density at radius 3 is 2.26 bits per heavy atom. The number of fused-ring (bicyclic) bond motifs is 1. The van der Waals surface area contributed by atoms with Crippen molar-refractivity contribution in [2.24, 2.45) is 0 Å². The van der Waals surface area contributed by atoms with Crippen LogP contribution in [0.4, 0.5) is 4.79 Å². The summed E-state index contributed by atoms with van der Waals surface area (Å²) in [5, 5.41) is 4.68. The van der Waals surface area contributed by atoms with Gasteiger partial charge in [0, 0.05) is 12.1 Å². The Labute approximate surface area is 197 Å². The third-order valence-corrected chi connectivity index (χ3v) is 5.05. The molecule has 0 spiro atoms. The number of rotatable bonds is 6. The molecule has 0 aliphatic carbocycles. The van der Waals surface area contributed by atoms with Crippen LogP contribution in [0.1, 0.15) is 64.3 Å². The van der Waals surface area contributed by atoms with Crippen molar-refractivity contribution in [3.05, 3.63) is 70.8 Å². The molecule has 0 radical (unpaired) electrons. The molecule has 1 aliphatic rings. The van der Waals surface area contributed by atoms with Crippen molar-refractivity contribution in [3.8, 4) is 0 Å². The van der Waals surface area contributed by atoms with E-state index < -0.39 is 41.4 Å². The monoisotopic (exact) mass is 465 g/mol. The van der Waals surface area contributed by atoms with Gasteiger partial charge in [-0.25, -0.2) is 9.59 Å². The summed E-state index contributed by atoms with van der Waals surface area (Å²) in [4.78, 5) is 63.2. The predicted octanol–water partition coefficient (Wildman–Crippen LogP) is 2.69. The molecule has 9 heteroatoms. The Kier molecular flexibility index (Phi) is 7.14. The number of nitrogens with one attached hydrogen (secondary N) is 2. The van der Waals surface area contributed by atoms with Crippen molar-refractivity contribution in [1.29, 1.82) is 0 Å². The molecule has 1 heterocycles. The third kappa shape index (κ3) is 5.86. The number of hydrogen-bond acceptors (Lipinski definition) is 6. The molecule has 5 amide bonds. The highest BCUT2D eigenvalue weighted by atomic mass is 16.5. The molecule has 1 unspecified atom stereocenters. The van der Waals surface area contributed by atoms with Gasteiger partial charge < -0.3 is 10.1 Å². The van der Waals surface area contributed by atoms with Crippen LogP contribution < -0.4 is 10.6 Å². The van der Waals surface area contributed by atoms with E-state index in [2.05, 4.69) is 10.6 Å². The first-order chi connectivity index (χ1) is 16.0. The van der Waals surface area contributed by atoms with Gasteiger partial charge in [-0.3, -0.25) is 24.6 Å². The number of urea groups is 1. The molecular weight excluding hydrogens is 438 g/mol. The molecule has 2 N–H and O–H groups in total. The van der Waals surface area contributed by atoms with Crippen molar-refractivity contribution in [2.75, 3.05) is 6.54 Å². The largest absolute Gasteiger partial charge is 0.449 e. The number of carbonyl (C=O) groups is 5. The number of amides is 5. The van der Waals surface area contributed by atoms with E-state index in [1.54, 1.807) is 20.8 Å². The summed E-state index contributed by atoms with van der Waals surface area (Å²) in [6, 6.07) is 12.8. The van der Waals surface area contributed by atoms with E-state index in [-0.39, 0.29) is 23.2 Å². The lowest BCUT2D eigenvalue weighted by molar-refractivity contribution is -0.127. The number of esters is 1. The number of nitrogens with zero attached hydrogens (tertiary/aromatic N) is 1. The second-order valence-electron chi connectivity index (χ2n) is 9.00. The molecule has 0 aromatic heterocycles. The Morgan fingerprint density at radius 2 is 1.62 bits per heavy atom. The number of carbonyl (C=O) groups excluding carboxylic acids is 5. The minimum absolute atomic E-state index is 0.0172. The average molecular weight is 466 g/mol. The summed E-state index contributed by atoms with van der Waals surface area (Å²) in [5.74, 6) is -2.57. The van der Waals surface area contributed by atoms with Crippen LogP contribution in [0.5, 0.6) is 0 Å². The van der Waals surface area contributed by atoms with Crippen LogP contribution in [0.3, 0.4) is 0 Å². The summed E-state index contributed by atoms with van der Waals surface area (Å²) in [7, 11) is 0. The fraction of sp³-hybridized carbons (Fsp3) is 0.320. The second kappa shape index (κ2) is 9.86. The summed E-state index contributed by atoms with van der Waals surface area (Å²) in [6.07, 6.45) is -0.748. The second-order valence-corrected chi connectivity index (χ2v) is 9.00. The molecule has 3 rings (SSSR count). The smallest absolute Gasteiger partial charge is 0.338 e. The Morgan fingerprint density at radius 1 is 0.971 bits per heavy atom. The molecule has 0 fully saturated rings. The van der Waals surface area contributed by atoms with Crippen molar-refractivity contribution in [1.82, 2.24) is 15.5 Å². The van der Waals surface area contributed by atoms with Crippen LogP contribution in [0.2, 0.25) is 0 Å². The Balaban J connectivity index is 1.63. The molecule has 2 aromatic carbocycles. The van der Waals surface area contributed by atoms with E-state index in [0.717, 1.165) is 10.5 Å². The first-order valence-corrected chi connectivity index (χ1v) is 10.8. The van der Waals surface area contributed by atoms with Gasteiger partial charge in [0.2, 0.25) is 0 Å². The van der Waals surface area contributed by atoms with Gasteiger partial charge in [0.25, 0.3) is 17.7 Å². The Bertz CT molecular complexity index is 1140. The molecule has 0 saturated heterocycles. The van der Waals surface area contributed by atoms with Crippen LogP contribution in [-0.2, 0) is 16.0 Å². The van der Waals surface area contributed by atoms with E-state index in [4.69, 9.17) is 4.74 Å². The maximum atomic E-state index is 12.8. The highest BCUT2D eigenvalue weighted by Gasteiger charge is 2.36. The third-order valence-electron chi connectivity index (χ3n) is 5.05. The minimum Gasteiger partial charge on any atom is -0.449 e. The SMILES string of the molecule is CC(OC(=O)c1ccc2c(c1)C(=O)N(CCc1ccccc1)C2=O)C(=O)NC(=O)NC(C)(C)C. The molecular formula is C25H27N3O6. The zero-order valence-corrected chi connectivity index (χ0v) is 19.5. The average Bonchev–Trinajstić information content (AvgIpc) is 3.00. The first-order valence-electron chi connectivity index (χ1n) is 10.8. The molecule has 1 aliphatic heterocycles. The van der Waals surface area contributed by atoms with Gasteiger partial charge in [-0.2, -0.15) is 0 Å². The van der Waals surface area contributed by atoms with E-state index in [0.29, 0.717) is 6.42 Å². The zero-order chi connectivity index (χ0) is 25.0. The van der Waals surface area contributed by atoms with Crippen molar-refractivity contribution in [2.45, 2.75) is 45.8 Å². The normalized spacial score (nSPS) is 13.8. The lowest BCUT2D eigenvalue weighted by atomic mass is 10.1. The number of ether oxygens (including phenoxy) is 1. The summed E-state index contributed by atoms with van der Waals surface area (Å²) in [5.41, 5.74) is 0.775. The standard InChI is InChI=1S/C25H27N3O6/c1-15(20(29)26-24(33)27-25(2,3)4)34-23(32)17-10-11-18-19(14-17)22(31)28(21(18)30)13-12-16-8-6-5-7-9-16/h5-11,14-15H,12-13H2,1-4H3,(H2,26,27,29,33). The molecule has 178 valence electrons. The molecule has 34 heavy (non-hydrogen) atoms. The predicted molar refractivity (Wildman–Crippen MR) is 123 cm³/mol. The molecule has 1 atom stereocenters. The summed E-state index contributed by atoms with van der Waals surface area (Å²) in [6.45, 7) is 6.80. The van der Waals surface area contributed by atoms with Gasteiger partial charge >= 0.3 is 12.0 Å². The van der Waals surface area contributed by atoms with Gasteiger partial charge in [0.1, 0.15) is 0 Å². The van der Waals surface area contributed by atoms with E-state index in [1.807, 2.05) is 30.3 Å². The van der Waals surface area contributed by atoms with E-state index in [1.165, 1.54) is 25.1 Å². The highest BCUT2D eigenvalue weighted by molar-refractivity contribution is 6.22. The first kappa shape index (κ1) is 24.6. The van der Waals surface area contributed by atoms with E-state index in [9.17, 15) is 24.0 Å². The fourth-order valence-electron chi connectivity index (χ4n) is 3.37. The molecule has 2 aromatic rings. The topological polar surface area (TPSA) is 122 Å². The number of imide groups is 2. The van der Waals surface area contributed by atoms with Crippen molar-refractivity contribution in [3.63, 3.8) is 0 Å².